The Kier molecular flexibility index (Phi) is 6.22. The molecule has 0 fully saturated rings. The second kappa shape index (κ2) is 8.81. The third-order valence-corrected chi connectivity index (χ3v) is 4.98. The predicted octanol–water partition coefficient (Wildman–Crippen LogP) is 3.65. The molecule has 1 aromatic carbocycles. The quantitative estimate of drug-likeness (QED) is 0.353. The van der Waals surface area contributed by atoms with E-state index >= 15 is 0 Å². The summed E-state index contributed by atoms with van der Waals surface area (Å²) in [4.78, 5) is 26.7. The molecule has 1 N–H and O–H groups in total. The molecule has 0 atom stereocenters. The van der Waals surface area contributed by atoms with E-state index in [1.807, 2.05) is 29.7 Å². The van der Waals surface area contributed by atoms with Crippen LogP contribution in [0.25, 0.3) is 11.5 Å². The van der Waals surface area contributed by atoms with Crippen LogP contribution in [0.3, 0.4) is 0 Å². The molecule has 3 aromatic rings. The van der Waals surface area contributed by atoms with Crippen LogP contribution in [0, 0.1) is 10.1 Å². The number of nitro benzene ring substituents is 1. The molecule has 2 heterocycles. The molecular weight excluding hydrogens is 404 g/mol. The van der Waals surface area contributed by atoms with Crippen LogP contribution in [-0.2, 0) is 11.3 Å². The average molecular weight is 419 g/mol. The maximum atomic E-state index is 12.2. The number of halogens is 1. The van der Waals surface area contributed by atoms with Gasteiger partial charge in [-0.3, -0.25) is 19.9 Å². The van der Waals surface area contributed by atoms with Crippen molar-refractivity contribution in [3.05, 3.63) is 57.7 Å². The summed E-state index contributed by atoms with van der Waals surface area (Å²) >= 11 is 7.22. The van der Waals surface area contributed by atoms with Crippen LogP contribution < -0.4 is 5.32 Å². The number of nitrogens with zero attached hydrogens (tertiary/aromatic N) is 5. The molecule has 2 aromatic heterocycles. The third-order valence-electron chi connectivity index (χ3n) is 3.70. The monoisotopic (exact) mass is 418 g/mol. The number of carbonyl (C=O) groups is 1. The van der Waals surface area contributed by atoms with Crippen LogP contribution in [-0.4, -0.2) is 36.3 Å². The van der Waals surface area contributed by atoms with E-state index in [0.717, 1.165) is 0 Å². The molecule has 1 amide bonds. The molecule has 0 aliphatic heterocycles. The third kappa shape index (κ3) is 4.46. The van der Waals surface area contributed by atoms with Crippen molar-refractivity contribution in [2.75, 3.05) is 11.1 Å². The van der Waals surface area contributed by atoms with Crippen LogP contribution in [0.1, 0.15) is 6.92 Å². The first-order chi connectivity index (χ1) is 13.5. The van der Waals surface area contributed by atoms with Crippen LogP contribution >= 0.6 is 23.4 Å². The summed E-state index contributed by atoms with van der Waals surface area (Å²) in [5.41, 5.74) is 0.866. The molecular formula is C17H15ClN6O3S. The van der Waals surface area contributed by atoms with Gasteiger partial charge in [-0.2, -0.15) is 0 Å². The van der Waals surface area contributed by atoms with Gasteiger partial charge in [0, 0.05) is 24.9 Å². The number of benzene rings is 1. The van der Waals surface area contributed by atoms with Crippen molar-refractivity contribution in [3.8, 4) is 11.5 Å². The number of pyridine rings is 1. The topological polar surface area (TPSA) is 116 Å². The molecule has 0 saturated heterocycles. The number of carbonyl (C=O) groups excluding carboxylic acids is 1. The molecule has 0 aliphatic carbocycles. The maximum absolute atomic E-state index is 12.2. The Bertz CT molecular complexity index is 1010. The van der Waals surface area contributed by atoms with Gasteiger partial charge in [-0.15, -0.1) is 10.2 Å². The van der Waals surface area contributed by atoms with E-state index in [-0.39, 0.29) is 22.4 Å². The van der Waals surface area contributed by atoms with Gasteiger partial charge in [-0.1, -0.05) is 29.4 Å². The largest absolute Gasteiger partial charge is 0.324 e. The second-order valence-electron chi connectivity index (χ2n) is 5.52. The lowest BCUT2D eigenvalue weighted by Crippen LogP contribution is -2.15. The van der Waals surface area contributed by atoms with E-state index in [9.17, 15) is 14.9 Å². The fourth-order valence-electron chi connectivity index (χ4n) is 2.40. The number of anilines is 1. The van der Waals surface area contributed by atoms with E-state index in [0.29, 0.717) is 28.9 Å². The molecule has 9 nitrogen and oxygen atoms in total. The number of aromatic nitrogens is 4. The second-order valence-corrected chi connectivity index (χ2v) is 6.87. The molecule has 0 bridgehead atoms. The minimum Gasteiger partial charge on any atom is -0.324 e. The van der Waals surface area contributed by atoms with Gasteiger partial charge in [0.05, 0.1) is 21.4 Å². The van der Waals surface area contributed by atoms with Crippen LogP contribution in [0.4, 0.5) is 11.4 Å². The minimum atomic E-state index is -0.552. The number of nitrogens with one attached hydrogen (secondary N) is 1. The minimum absolute atomic E-state index is 0.0771. The number of thioether (sulfide) groups is 1. The molecule has 28 heavy (non-hydrogen) atoms. The zero-order valence-corrected chi connectivity index (χ0v) is 16.3. The normalized spacial score (nSPS) is 10.6. The number of non-ortho nitro benzene ring substituents is 1. The Balaban J connectivity index is 1.67. The van der Waals surface area contributed by atoms with Crippen LogP contribution in [0.2, 0.25) is 5.02 Å². The van der Waals surface area contributed by atoms with Gasteiger partial charge in [0.1, 0.15) is 5.69 Å². The highest BCUT2D eigenvalue weighted by molar-refractivity contribution is 7.99. The van der Waals surface area contributed by atoms with Crippen molar-refractivity contribution < 1.29 is 9.72 Å². The lowest BCUT2D eigenvalue weighted by atomic mass is 10.3. The molecule has 0 aliphatic rings. The van der Waals surface area contributed by atoms with Gasteiger partial charge < -0.3 is 9.88 Å². The Labute approximate surface area is 169 Å². The van der Waals surface area contributed by atoms with Gasteiger partial charge in [0.2, 0.25) is 5.91 Å². The van der Waals surface area contributed by atoms with E-state index < -0.39 is 4.92 Å². The number of hydrogen-bond acceptors (Lipinski definition) is 7. The van der Waals surface area contributed by atoms with Crippen molar-refractivity contribution in [2.45, 2.75) is 18.6 Å². The van der Waals surface area contributed by atoms with Gasteiger partial charge >= 0.3 is 0 Å². The molecule has 0 spiro atoms. The number of amides is 1. The zero-order chi connectivity index (χ0) is 20.1. The van der Waals surface area contributed by atoms with Gasteiger partial charge in [-0.05, 0) is 25.1 Å². The Morgan fingerprint density at radius 3 is 2.79 bits per heavy atom. The summed E-state index contributed by atoms with van der Waals surface area (Å²) in [5, 5.41) is 22.4. The van der Waals surface area contributed by atoms with Crippen molar-refractivity contribution >= 4 is 40.6 Å². The van der Waals surface area contributed by atoms with E-state index in [2.05, 4.69) is 20.5 Å². The first-order valence-electron chi connectivity index (χ1n) is 8.20. The number of hydrogen-bond donors (Lipinski definition) is 1. The van der Waals surface area contributed by atoms with Gasteiger partial charge in [0.25, 0.3) is 5.69 Å². The van der Waals surface area contributed by atoms with E-state index in [1.165, 1.54) is 30.0 Å². The maximum Gasteiger partial charge on any atom is 0.271 e. The van der Waals surface area contributed by atoms with Crippen LogP contribution in [0.15, 0.2) is 47.8 Å². The lowest BCUT2D eigenvalue weighted by Gasteiger charge is -2.08. The summed E-state index contributed by atoms with van der Waals surface area (Å²) in [6.07, 6.45) is 1.68. The van der Waals surface area contributed by atoms with Crippen LogP contribution in [0.5, 0.6) is 0 Å². The molecule has 0 saturated carbocycles. The first-order valence-corrected chi connectivity index (χ1v) is 9.57. The van der Waals surface area contributed by atoms with Crippen molar-refractivity contribution in [2.24, 2.45) is 0 Å². The van der Waals surface area contributed by atoms with Crippen molar-refractivity contribution in [1.29, 1.82) is 0 Å². The number of nitro groups is 1. The summed E-state index contributed by atoms with van der Waals surface area (Å²) in [7, 11) is 0. The van der Waals surface area contributed by atoms with Crippen molar-refractivity contribution in [1.82, 2.24) is 19.7 Å². The Morgan fingerprint density at radius 2 is 2.14 bits per heavy atom. The SMILES string of the molecule is CCn1c(SCC(=O)Nc2ccc([N+](=O)[O-])cc2Cl)nnc1-c1ccccn1. The fraction of sp³-hybridized carbons (Fsp3) is 0.176. The first kappa shape index (κ1) is 19.8. The van der Waals surface area contributed by atoms with E-state index in [1.54, 1.807) is 6.20 Å². The molecule has 0 unspecified atom stereocenters. The lowest BCUT2D eigenvalue weighted by molar-refractivity contribution is -0.384. The summed E-state index contributed by atoms with van der Waals surface area (Å²) in [6.45, 7) is 2.58. The molecule has 11 heteroatoms. The number of rotatable bonds is 7. The highest BCUT2D eigenvalue weighted by atomic mass is 35.5. The molecule has 144 valence electrons. The Morgan fingerprint density at radius 1 is 1.32 bits per heavy atom. The average Bonchev–Trinajstić information content (AvgIpc) is 3.11. The Hall–Kier alpha value is -2.98. The highest BCUT2D eigenvalue weighted by Crippen LogP contribution is 2.27. The summed E-state index contributed by atoms with van der Waals surface area (Å²) < 4.78 is 1.87. The van der Waals surface area contributed by atoms with Crippen molar-refractivity contribution in [3.63, 3.8) is 0 Å². The molecule has 0 radical (unpaired) electrons. The summed E-state index contributed by atoms with van der Waals surface area (Å²) in [6, 6.07) is 9.40. The fourth-order valence-corrected chi connectivity index (χ4v) is 3.42. The standard InChI is InChI=1S/C17H15ClN6O3S/c1-2-23-16(14-5-3-4-8-19-14)21-22-17(23)28-10-15(25)20-13-7-6-11(24(26)27)9-12(13)18/h3-9H,2,10H2,1H3,(H,20,25). The smallest absolute Gasteiger partial charge is 0.271 e. The van der Waals surface area contributed by atoms with Gasteiger partial charge in [-0.25, -0.2) is 0 Å². The zero-order valence-electron chi connectivity index (χ0n) is 14.7. The van der Waals surface area contributed by atoms with E-state index in [4.69, 9.17) is 11.6 Å². The highest BCUT2D eigenvalue weighted by Gasteiger charge is 2.16. The summed E-state index contributed by atoms with van der Waals surface area (Å²) in [5.74, 6) is 0.392. The molecule has 3 rings (SSSR count). The van der Waals surface area contributed by atoms with Gasteiger partial charge in [0.15, 0.2) is 11.0 Å². The predicted molar refractivity (Wildman–Crippen MR) is 106 cm³/mol.